The van der Waals surface area contributed by atoms with Crippen LogP contribution in [0.15, 0.2) is 67.0 Å². The summed E-state index contributed by atoms with van der Waals surface area (Å²) in [4.78, 5) is 4.58. The maximum Gasteiger partial charge on any atom is 0.152 e. The van der Waals surface area contributed by atoms with Crippen molar-refractivity contribution in [1.29, 1.82) is 0 Å². The highest BCUT2D eigenvalue weighted by Gasteiger charge is 2.04. The van der Waals surface area contributed by atoms with Crippen LogP contribution in [0.2, 0.25) is 0 Å². The van der Waals surface area contributed by atoms with Crippen LogP contribution in [0.25, 0.3) is 16.7 Å². The molecule has 0 spiro atoms. The minimum atomic E-state index is 0.765. The number of para-hydroxylation sites is 1. The third-order valence-corrected chi connectivity index (χ3v) is 2.59. The fourth-order valence-electron chi connectivity index (χ4n) is 1.75. The Bertz CT molecular complexity index is 638. The topological polar surface area (TPSA) is 22.1 Å². The van der Waals surface area contributed by atoms with Crippen LogP contribution >= 0.6 is 0 Å². The van der Waals surface area contributed by atoms with E-state index in [2.05, 4.69) is 11.1 Å². The Morgan fingerprint density at radius 2 is 1.82 bits per heavy atom. The van der Waals surface area contributed by atoms with Crippen molar-refractivity contribution in [2.45, 2.75) is 0 Å². The van der Waals surface area contributed by atoms with E-state index in [4.69, 9.17) is 4.74 Å². The Hall–Kier alpha value is -2.35. The van der Waals surface area contributed by atoms with Crippen molar-refractivity contribution in [3.63, 3.8) is 0 Å². The van der Waals surface area contributed by atoms with Crippen LogP contribution in [0.1, 0.15) is 5.69 Å². The zero-order valence-corrected chi connectivity index (χ0v) is 9.21. The number of rotatable bonds is 1. The van der Waals surface area contributed by atoms with Crippen molar-refractivity contribution < 1.29 is 4.74 Å². The average Bonchev–Trinajstić information content (AvgIpc) is 2.67. The molecular formula is C15H11NO. The standard InChI is InChI=1S/C15H11NO/c1-2-8-15(17-11-5-1)14-10-9-12-6-3-4-7-13(12)16-14/h1-11H. The van der Waals surface area contributed by atoms with E-state index in [0.29, 0.717) is 0 Å². The molecule has 0 radical (unpaired) electrons. The van der Waals surface area contributed by atoms with Gasteiger partial charge in [0.05, 0.1) is 11.8 Å². The number of allylic oxidation sites excluding steroid dienone is 4. The van der Waals surface area contributed by atoms with Gasteiger partial charge in [-0.25, -0.2) is 4.98 Å². The molecule has 1 aliphatic heterocycles. The summed E-state index contributed by atoms with van der Waals surface area (Å²) >= 11 is 0. The SMILES string of the molecule is C1=CC=C(c2ccc3ccccc3n2)OC=C1. The molecule has 1 aromatic carbocycles. The van der Waals surface area contributed by atoms with Crippen LogP contribution in [0, 0.1) is 0 Å². The number of nitrogens with zero attached hydrogens (tertiary/aromatic N) is 1. The normalized spacial score (nSPS) is 14.2. The molecule has 0 aliphatic carbocycles. The minimum Gasteiger partial charge on any atom is -0.463 e. The number of pyridine rings is 1. The van der Waals surface area contributed by atoms with Gasteiger partial charge in [0.2, 0.25) is 0 Å². The first-order valence-corrected chi connectivity index (χ1v) is 5.50. The van der Waals surface area contributed by atoms with E-state index < -0.39 is 0 Å². The summed E-state index contributed by atoms with van der Waals surface area (Å²) in [6, 6.07) is 12.1. The van der Waals surface area contributed by atoms with Crippen molar-refractivity contribution in [2.75, 3.05) is 0 Å². The minimum absolute atomic E-state index is 0.765. The second-order valence-corrected chi connectivity index (χ2v) is 3.75. The lowest BCUT2D eigenvalue weighted by atomic mass is 10.2. The maximum absolute atomic E-state index is 5.49. The number of hydrogen-bond acceptors (Lipinski definition) is 2. The summed E-state index contributed by atoms with van der Waals surface area (Å²) < 4.78 is 5.49. The van der Waals surface area contributed by atoms with Crippen molar-refractivity contribution >= 4 is 16.7 Å². The zero-order valence-electron chi connectivity index (χ0n) is 9.21. The predicted molar refractivity (Wildman–Crippen MR) is 69.1 cm³/mol. The molecule has 0 unspecified atom stereocenters. The molecule has 17 heavy (non-hydrogen) atoms. The Kier molecular flexibility index (Phi) is 2.47. The lowest BCUT2D eigenvalue weighted by Gasteiger charge is -2.05. The summed E-state index contributed by atoms with van der Waals surface area (Å²) in [6.07, 6.45) is 9.29. The van der Waals surface area contributed by atoms with Crippen LogP contribution in [-0.4, -0.2) is 4.98 Å². The lowest BCUT2D eigenvalue weighted by molar-refractivity contribution is 0.435. The van der Waals surface area contributed by atoms with E-state index in [9.17, 15) is 0 Å². The van der Waals surface area contributed by atoms with Gasteiger partial charge in [0.15, 0.2) is 5.76 Å². The van der Waals surface area contributed by atoms with Crippen LogP contribution in [0.4, 0.5) is 0 Å². The summed E-state index contributed by atoms with van der Waals surface area (Å²) in [5.74, 6) is 0.765. The van der Waals surface area contributed by atoms with Gasteiger partial charge in [-0.3, -0.25) is 0 Å². The first-order valence-electron chi connectivity index (χ1n) is 5.50. The fourth-order valence-corrected chi connectivity index (χ4v) is 1.75. The van der Waals surface area contributed by atoms with Crippen LogP contribution in [-0.2, 0) is 4.74 Å². The molecule has 3 rings (SSSR count). The molecular weight excluding hydrogens is 210 g/mol. The molecule has 82 valence electrons. The van der Waals surface area contributed by atoms with Gasteiger partial charge in [-0.05, 0) is 24.3 Å². The molecule has 0 saturated carbocycles. The Labute approximate surface area is 99.6 Å². The molecule has 0 fully saturated rings. The molecule has 0 bridgehead atoms. The highest BCUT2D eigenvalue weighted by Crippen LogP contribution is 2.19. The van der Waals surface area contributed by atoms with E-state index in [0.717, 1.165) is 22.4 Å². The van der Waals surface area contributed by atoms with Crippen LogP contribution in [0.5, 0.6) is 0 Å². The highest BCUT2D eigenvalue weighted by molar-refractivity contribution is 5.80. The lowest BCUT2D eigenvalue weighted by Crippen LogP contribution is -1.91. The number of benzene rings is 1. The molecule has 0 N–H and O–H groups in total. The summed E-state index contributed by atoms with van der Waals surface area (Å²) in [7, 11) is 0. The van der Waals surface area contributed by atoms with Crippen LogP contribution < -0.4 is 0 Å². The first kappa shape index (κ1) is 9.85. The van der Waals surface area contributed by atoms with Gasteiger partial charge in [0.25, 0.3) is 0 Å². The number of ether oxygens (including phenoxy) is 1. The van der Waals surface area contributed by atoms with E-state index >= 15 is 0 Å². The molecule has 2 aromatic rings. The highest BCUT2D eigenvalue weighted by atomic mass is 16.5. The first-order chi connectivity index (χ1) is 8.43. The van der Waals surface area contributed by atoms with Gasteiger partial charge in [0.1, 0.15) is 5.69 Å². The quantitative estimate of drug-likeness (QED) is 0.732. The van der Waals surface area contributed by atoms with E-state index in [1.54, 1.807) is 6.26 Å². The van der Waals surface area contributed by atoms with E-state index in [1.807, 2.05) is 54.6 Å². The summed E-state index contributed by atoms with van der Waals surface area (Å²) in [5.41, 5.74) is 1.83. The van der Waals surface area contributed by atoms with Crippen molar-refractivity contribution in [3.05, 3.63) is 72.7 Å². The fraction of sp³-hybridized carbons (Fsp3) is 0. The molecule has 0 saturated heterocycles. The molecule has 1 aromatic heterocycles. The Morgan fingerprint density at radius 3 is 2.82 bits per heavy atom. The zero-order chi connectivity index (χ0) is 11.5. The van der Waals surface area contributed by atoms with Gasteiger partial charge < -0.3 is 4.74 Å². The van der Waals surface area contributed by atoms with E-state index in [1.165, 1.54) is 0 Å². The third kappa shape index (κ3) is 1.97. The third-order valence-electron chi connectivity index (χ3n) is 2.59. The average molecular weight is 221 g/mol. The van der Waals surface area contributed by atoms with Crippen LogP contribution in [0.3, 0.4) is 0 Å². The summed E-state index contributed by atoms with van der Waals surface area (Å²) in [5, 5.41) is 1.14. The molecule has 0 atom stereocenters. The largest absolute Gasteiger partial charge is 0.463 e. The molecule has 0 amide bonds. The van der Waals surface area contributed by atoms with Gasteiger partial charge in [-0.2, -0.15) is 0 Å². The molecule has 1 aliphatic rings. The van der Waals surface area contributed by atoms with Crippen molar-refractivity contribution in [3.8, 4) is 0 Å². The van der Waals surface area contributed by atoms with Gasteiger partial charge in [-0.15, -0.1) is 0 Å². The van der Waals surface area contributed by atoms with Gasteiger partial charge in [-0.1, -0.05) is 36.4 Å². The smallest absolute Gasteiger partial charge is 0.152 e. The van der Waals surface area contributed by atoms with Crippen molar-refractivity contribution in [1.82, 2.24) is 4.98 Å². The summed E-state index contributed by atoms with van der Waals surface area (Å²) in [6.45, 7) is 0. The monoisotopic (exact) mass is 221 g/mol. The van der Waals surface area contributed by atoms with E-state index in [-0.39, 0.29) is 0 Å². The molecule has 2 heteroatoms. The predicted octanol–water partition coefficient (Wildman–Crippen LogP) is 3.68. The second-order valence-electron chi connectivity index (χ2n) is 3.75. The molecule has 2 nitrogen and oxygen atoms in total. The Balaban J connectivity index is 2.09. The second kappa shape index (κ2) is 4.26. The van der Waals surface area contributed by atoms with Gasteiger partial charge in [0, 0.05) is 5.39 Å². The van der Waals surface area contributed by atoms with Gasteiger partial charge >= 0.3 is 0 Å². The van der Waals surface area contributed by atoms with Crippen molar-refractivity contribution in [2.24, 2.45) is 0 Å². The number of hydrogen-bond donors (Lipinski definition) is 0. The molecule has 2 heterocycles. The number of fused-ring (bicyclic) bond motifs is 1. The number of aromatic nitrogens is 1. The Morgan fingerprint density at radius 1 is 0.882 bits per heavy atom. The maximum atomic E-state index is 5.49.